The van der Waals surface area contributed by atoms with Gasteiger partial charge in [-0.25, -0.2) is 4.79 Å². The van der Waals surface area contributed by atoms with Crippen LogP contribution in [0.25, 0.3) is 0 Å². The summed E-state index contributed by atoms with van der Waals surface area (Å²) in [6, 6.07) is 28.3. The predicted molar refractivity (Wildman–Crippen MR) is 200 cm³/mol. The summed E-state index contributed by atoms with van der Waals surface area (Å²) in [5.74, 6) is -0.250. The first-order chi connectivity index (χ1) is 25.3. The molecule has 1 unspecified atom stereocenters. The van der Waals surface area contributed by atoms with Crippen molar-refractivity contribution in [3.8, 4) is 0 Å². The van der Waals surface area contributed by atoms with E-state index in [-0.39, 0.29) is 32.1 Å². The zero-order chi connectivity index (χ0) is 38.0. The first-order valence-electron chi connectivity index (χ1n) is 18.5. The molecule has 2 saturated heterocycles. The molecule has 5 rings (SSSR count). The van der Waals surface area contributed by atoms with Crippen LogP contribution in [0.15, 0.2) is 91.0 Å². The van der Waals surface area contributed by atoms with Crippen molar-refractivity contribution >= 4 is 12.0 Å². The summed E-state index contributed by atoms with van der Waals surface area (Å²) in [5.41, 5.74) is 1.27. The third-order valence-corrected chi connectivity index (χ3v) is 9.43. The molecule has 0 aliphatic carbocycles. The number of nitrogens with zero attached hydrogens (tertiary/aromatic N) is 1. The van der Waals surface area contributed by atoms with E-state index in [4.69, 9.17) is 28.4 Å². The molecule has 2 heterocycles. The maximum Gasteiger partial charge on any atom is 0.412 e. The average Bonchev–Trinajstić information content (AvgIpc) is 3.45. The van der Waals surface area contributed by atoms with Gasteiger partial charge in [-0.3, -0.25) is 9.69 Å². The molecule has 0 bridgehead atoms. The van der Waals surface area contributed by atoms with Gasteiger partial charge in [-0.05, 0) is 64.2 Å². The highest BCUT2D eigenvalue weighted by molar-refractivity contribution is 5.73. The number of carbonyl (C=O) groups excluding carboxylic acids is 2. The molecule has 53 heavy (non-hydrogen) atoms. The number of benzene rings is 3. The molecule has 0 saturated carbocycles. The smallest absolute Gasteiger partial charge is 0.412 e. The summed E-state index contributed by atoms with van der Waals surface area (Å²) < 4.78 is 38.1. The van der Waals surface area contributed by atoms with Gasteiger partial charge < -0.3 is 38.8 Å². The molecule has 2 amide bonds. The van der Waals surface area contributed by atoms with Crippen molar-refractivity contribution in [2.24, 2.45) is 0 Å². The normalized spacial score (nSPS) is 24.8. The van der Waals surface area contributed by atoms with Gasteiger partial charge in [-0.2, -0.15) is 0 Å². The van der Waals surface area contributed by atoms with Gasteiger partial charge in [0.15, 0.2) is 0 Å². The van der Waals surface area contributed by atoms with Gasteiger partial charge in [0.1, 0.15) is 29.6 Å². The van der Waals surface area contributed by atoms with Crippen LogP contribution in [0.3, 0.4) is 0 Å². The van der Waals surface area contributed by atoms with Crippen LogP contribution in [0.5, 0.6) is 0 Å². The van der Waals surface area contributed by atoms with E-state index < -0.39 is 60.0 Å². The maximum atomic E-state index is 13.3. The van der Waals surface area contributed by atoms with Gasteiger partial charge in [0.05, 0.1) is 57.3 Å². The van der Waals surface area contributed by atoms with Gasteiger partial charge >= 0.3 is 6.09 Å². The van der Waals surface area contributed by atoms with E-state index in [1.807, 2.05) is 91.0 Å². The topological polar surface area (TPSA) is 125 Å². The van der Waals surface area contributed by atoms with Crippen LogP contribution < -0.4 is 5.32 Å². The number of amides is 2. The van der Waals surface area contributed by atoms with Crippen LogP contribution in [0.1, 0.15) is 71.1 Å². The van der Waals surface area contributed by atoms with Crippen LogP contribution in [0, 0.1) is 0 Å². The molecule has 11 nitrogen and oxygen atoms in total. The Kier molecular flexibility index (Phi) is 14.1. The van der Waals surface area contributed by atoms with Crippen molar-refractivity contribution in [1.29, 1.82) is 0 Å². The Morgan fingerprint density at radius 1 is 0.849 bits per heavy atom. The van der Waals surface area contributed by atoms with Gasteiger partial charge in [0.25, 0.3) is 0 Å². The summed E-state index contributed by atoms with van der Waals surface area (Å²) in [4.78, 5) is 27.6. The first-order valence-corrected chi connectivity index (χ1v) is 18.5. The molecule has 0 radical (unpaired) electrons. The summed E-state index contributed by atoms with van der Waals surface area (Å²) >= 11 is 0. The second kappa shape index (κ2) is 18.5. The second-order valence-corrected chi connectivity index (χ2v) is 15.3. The van der Waals surface area contributed by atoms with Crippen LogP contribution in [-0.2, 0) is 53.0 Å². The minimum absolute atomic E-state index is 0.141. The molecule has 2 aliphatic heterocycles. The minimum atomic E-state index is -0.977. The number of carbonyl (C=O) groups is 2. The number of aliphatic hydroxyl groups excluding tert-OH is 1. The van der Waals surface area contributed by atoms with Crippen LogP contribution >= 0.6 is 0 Å². The molecule has 2 N–H and O–H groups in total. The highest BCUT2D eigenvalue weighted by atomic mass is 16.6. The molecule has 288 valence electrons. The van der Waals surface area contributed by atoms with Crippen molar-refractivity contribution in [2.75, 3.05) is 13.2 Å². The number of hydrogen-bond donors (Lipinski definition) is 2. The van der Waals surface area contributed by atoms with Crippen molar-refractivity contribution in [2.45, 2.75) is 128 Å². The zero-order valence-corrected chi connectivity index (χ0v) is 31.8. The van der Waals surface area contributed by atoms with Crippen molar-refractivity contribution in [1.82, 2.24) is 10.2 Å². The number of aliphatic hydroxyl groups is 1. The summed E-state index contributed by atoms with van der Waals surface area (Å²) in [7, 11) is 0. The number of rotatable bonds is 15. The molecule has 2 aliphatic rings. The zero-order valence-electron chi connectivity index (χ0n) is 31.8. The highest BCUT2D eigenvalue weighted by Gasteiger charge is 2.50. The molecular weight excluding hydrogens is 676 g/mol. The molecule has 3 aromatic rings. The number of ether oxygens (including phenoxy) is 6. The molecule has 11 heteroatoms. The molecule has 7 atom stereocenters. The Morgan fingerprint density at radius 2 is 1.38 bits per heavy atom. The number of hydrogen-bond acceptors (Lipinski definition) is 9. The van der Waals surface area contributed by atoms with Crippen molar-refractivity contribution < 1.29 is 43.1 Å². The minimum Gasteiger partial charge on any atom is -0.444 e. The SMILES string of the molecule is CC(=O)N[C@@H]1[C@@H](OCc2ccccc2)[C@@H](OCc2ccccc2)[C@@H](COCc2ccccc2)O[C@H]1CCC(O)[C@H]1COC(C)(C)N1C(=O)OC(C)(C)C. The lowest BCUT2D eigenvalue weighted by atomic mass is 9.88. The third kappa shape index (κ3) is 11.6. The fourth-order valence-electron chi connectivity index (χ4n) is 6.92. The summed E-state index contributed by atoms with van der Waals surface area (Å²) in [6.45, 7) is 11.7. The van der Waals surface area contributed by atoms with Crippen LogP contribution in [0.4, 0.5) is 4.79 Å². The van der Waals surface area contributed by atoms with Gasteiger partial charge in [-0.15, -0.1) is 0 Å². The molecular formula is C42H56N2O9. The van der Waals surface area contributed by atoms with E-state index in [1.54, 1.807) is 34.6 Å². The largest absolute Gasteiger partial charge is 0.444 e. The Hall–Kier alpha value is -3.84. The van der Waals surface area contributed by atoms with Gasteiger partial charge in [0.2, 0.25) is 5.91 Å². The maximum absolute atomic E-state index is 13.3. The molecule has 3 aromatic carbocycles. The Morgan fingerprint density at radius 3 is 1.91 bits per heavy atom. The van der Waals surface area contributed by atoms with Gasteiger partial charge in [-0.1, -0.05) is 91.0 Å². The summed E-state index contributed by atoms with van der Waals surface area (Å²) in [5, 5.41) is 14.8. The molecule has 0 aromatic heterocycles. The lowest BCUT2D eigenvalue weighted by Gasteiger charge is -2.47. The molecule has 0 spiro atoms. The van der Waals surface area contributed by atoms with E-state index >= 15 is 0 Å². The van der Waals surface area contributed by atoms with E-state index in [1.165, 1.54) is 11.8 Å². The third-order valence-electron chi connectivity index (χ3n) is 9.43. The van der Waals surface area contributed by atoms with E-state index in [2.05, 4.69) is 5.32 Å². The Balaban J connectivity index is 1.41. The molecule has 2 fully saturated rings. The fourth-order valence-corrected chi connectivity index (χ4v) is 6.92. The predicted octanol–water partition coefficient (Wildman–Crippen LogP) is 6.16. The lowest BCUT2D eigenvalue weighted by Crippen LogP contribution is -2.65. The number of nitrogens with one attached hydrogen (secondary N) is 1. The van der Waals surface area contributed by atoms with Crippen LogP contribution in [-0.4, -0.2) is 89.2 Å². The van der Waals surface area contributed by atoms with Gasteiger partial charge in [0, 0.05) is 6.92 Å². The van der Waals surface area contributed by atoms with Crippen LogP contribution in [0.2, 0.25) is 0 Å². The fraction of sp³-hybridized carbons (Fsp3) is 0.524. The Bertz CT molecular complexity index is 1570. The quantitative estimate of drug-likeness (QED) is 0.189. The summed E-state index contributed by atoms with van der Waals surface area (Å²) in [6.07, 6.45) is -3.41. The average molecular weight is 733 g/mol. The highest BCUT2D eigenvalue weighted by Crippen LogP contribution is 2.34. The standard InChI is InChI=1S/C42H56N2O9/c1-29(45)43-37-35(23-22-34(46)33-27-51-42(5,6)44(33)40(47)53-41(2,3)4)52-36(28-48-24-30-16-10-7-11-17-30)38(49-25-31-18-12-8-13-19-31)39(37)50-26-32-20-14-9-15-21-32/h7-21,33-39,46H,22-28H2,1-6H3,(H,43,45)/t33-,34?,35+,36-,37+,38+,39-/m1/s1. The van der Waals surface area contributed by atoms with E-state index in [0.717, 1.165) is 16.7 Å². The van der Waals surface area contributed by atoms with E-state index in [9.17, 15) is 14.7 Å². The van der Waals surface area contributed by atoms with E-state index in [0.29, 0.717) is 19.6 Å². The monoisotopic (exact) mass is 732 g/mol. The Labute approximate surface area is 313 Å². The van der Waals surface area contributed by atoms with Crippen molar-refractivity contribution in [3.63, 3.8) is 0 Å². The second-order valence-electron chi connectivity index (χ2n) is 15.3. The van der Waals surface area contributed by atoms with Crippen molar-refractivity contribution in [3.05, 3.63) is 108 Å². The first kappa shape index (κ1) is 40.3. The lowest BCUT2D eigenvalue weighted by molar-refractivity contribution is -0.234.